The highest BCUT2D eigenvalue weighted by Crippen LogP contribution is 2.38. The summed E-state index contributed by atoms with van der Waals surface area (Å²) in [5.74, 6) is 0. The molecule has 4 heteroatoms. The monoisotopic (exact) mass is 514 g/mol. The predicted octanol–water partition coefficient (Wildman–Crippen LogP) is 9.50. The van der Waals surface area contributed by atoms with E-state index in [4.69, 9.17) is 4.98 Å². The van der Waals surface area contributed by atoms with Crippen LogP contribution in [0.15, 0.2) is 42.5 Å². The van der Waals surface area contributed by atoms with Crippen LogP contribution in [0, 0.1) is 27.7 Å². The van der Waals surface area contributed by atoms with Gasteiger partial charge in [0.05, 0.1) is 27.9 Å². The van der Waals surface area contributed by atoms with Crippen molar-refractivity contribution in [2.75, 3.05) is 0 Å². The molecule has 5 aromatic rings. The molecule has 0 aliphatic carbocycles. The molecule has 1 aliphatic rings. The Balaban J connectivity index is 1.94. The molecular formula is C35H38N4. The molecule has 3 N–H and O–H groups in total. The Kier molecular flexibility index (Phi) is 6.02. The average Bonchev–Trinajstić information content (AvgIpc) is 3.59. The zero-order valence-corrected chi connectivity index (χ0v) is 24.4. The number of aryl methyl sites for hydroxylation is 6. The molecule has 0 spiro atoms. The first-order valence-electron chi connectivity index (χ1n) is 14.1. The molecule has 0 atom stereocenters. The van der Waals surface area contributed by atoms with E-state index >= 15 is 0 Å². The molecule has 0 fully saturated rings. The van der Waals surface area contributed by atoms with E-state index in [2.05, 4.69) is 113 Å². The lowest BCUT2D eigenvalue weighted by molar-refractivity contribution is 1.14. The Morgan fingerprint density at radius 2 is 1.13 bits per heavy atom. The molecule has 5 heterocycles. The van der Waals surface area contributed by atoms with Crippen molar-refractivity contribution in [3.63, 3.8) is 0 Å². The Morgan fingerprint density at radius 1 is 0.590 bits per heavy atom. The summed E-state index contributed by atoms with van der Waals surface area (Å²) in [5, 5.41) is 0. The third-order valence-electron chi connectivity index (χ3n) is 9.05. The van der Waals surface area contributed by atoms with Gasteiger partial charge in [-0.05, 0) is 117 Å². The number of allylic oxidation sites excluding steroid dienone is 2. The number of H-pyrrole nitrogens is 3. The van der Waals surface area contributed by atoms with Gasteiger partial charge in [-0.3, -0.25) is 0 Å². The maximum atomic E-state index is 5.20. The molecule has 0 radical (unpaired) electrons. The standard InChI is InChI=1S/C35H38N4/c1-9-25-22(7)29-16-27-18(3)20(5)32(36-27)33-21(6)19(4)28(37-33)17-30-23(8)26(10-2)35(39-30)31(34(25)38-29)24-14-12-11-13-15-24/h11-17,36,38-39H,9-10H2,1-8H3. The molecule has 8 bridgehead atoms. The molecule has 6 rings (SSSR count). The van der Waals surface area contributed by atoms with Crippen LogP contribution in [0.1, 0.15) is 72.5 Å². The van der Waals surface area contributed by atoms with Gasteiger partial charge in [-0.2, -0.15) is 0 Å². The van der Waals surface area contributed by atoms with Gasteiger partial charge in [-0.1, -0.05) is 44.2 Å². The van der Waals surface area contributed by atoms with Crippen molar-refractivity contribution < 1.29 is 0 Å². The first kappa shape index (κ1) is 25.2. The number of hydrogen-bond acceptors (Lipinski definition) is 1. The maximum absolute atomic E-state index is 5.20. The minimum atomic E-state index is 0.946. The fourth-order valence-electron chi connectivity index (χ4n) is 6.34. The van der Waals surface area contributed by atoms with Crippen LogP contribution in [0.5, 0.6) is 0 Å². The smallest absolute Gasteiger partial charge is 0.0907 e. The van der Waals surface area contributed by atoms with Crippen LogP contribution in [0.25, 0.3) is 55.4 Å². The van der Waals surface area contributed by atoms with E-state index < -0.39 is 0 Å². The largest absolute Gasteiger partial charge is 0.354 e. The summed E-state index contributed by atoms with van der Waals surface area (Å²) in [4.78, 5) is 16.7. The van der Waals surface area contributed by atoms with Crippen LogP contribution in [0.4, 0.5) is 0 Å². The Hall–Kier alpha value is -4.05. The van der Waals surface area contributed by atoms with Crippen molar-refractivity contribution >= 4 is 44.2 Å². The Labute approximate surface area is 230 Å². The topological polar surface area (TPSA) is 60.3 Å². The van der Waals surface area contributed by atoms with Gasteiger partial charge < -0.3 is 15.0 Å². The molecule has 1 aromatic carbocycles. The molecule has 39 heavy (non-hydrogen) atoms. The van der Waals surface area contributed by atoms with Gasteiger partial charge in [0.2, 0.25) is 0 Å². The van der Waals surface area contributed by atoms with E-state index in [1.807, 2.05) is 0 Å². The van der Waals surface area contributed by atoms with Crippen molar-refractivity contribution in [1.29, 1.82) is 0 Å². The molecule has 1 aliphatic heterocycles. The quantitative estimate of drug-likeness (QED) is 0.221. The number of rotatable bonds is 3. The fraction of sp³-hybridized carbons (Fsp3) is 0.286. The van der Waals surface area contributed by atoms with Gasteiger partial charge in [0.25, 0.3) is 0 Å². The number of nitrogens with zero attached hydrogens (tertiary/aromatic N) is 1. The van der Waals surface area contributed by atoms with E-state index in [0.717, 1.165) is 46.3 Å². The maximum Gasteiger partial charge on any atom is 0.0907 e. The zero-order chi connectivity index (χ0) is 27.6. The summed E-state index contributed by atoms with van der Waals surface area (Å²) in [7, 11) is 0. The molecule has 0 saturated carbocycles. The van der Waals surface area contributed by atoms with E-state index in [-0.39, 0.29) is 0 Å². The molecule has 198 valence electrons. The van der Waals surface area contributed by atoms with Crippen molar-refractivity contribution in [1.82, 2.24) is 19.9 Å². The van der Waals surface area contributed by atoms with Crippen LogP contribution in [0.2, 0.25) is 0 Å². The van der Waals surface area contributed by atoms with Crippen molar-refractivity contribution in [2.45, 2.75) is 68.2 Å². The zero-order valence-electron chi connectivity index (χ0n) is 24.4. The lowest BCUT2D eigenvalue weighted by Crippen LogP contribution is -1.88. The van der Waals surface area contributed by atoms with Gasteiger partial charge in [0.1, 0.15) is 0 Å². The predicted molar refractivity (Wildman–Crippen MR) is 168 cm³/mol. The first-order valence-corrected chi connectivity index (χ1v) is 14.1. The highest BCUT2D eigenvalue weighted by atomic mass is 14.8. The second-order valence-electron chi connectivity index (χ2n) is 11.0. The van der Waals surface area contributed by atoms with Gasteiger partial charge in [-0.25, -0.2) is 4.98 Å². The second-order valence-corrected chi connectivity index (χ2v) is 11.0. The van der Waals surface area contributed by atoms with Crippen LogP contribution >= 0.6 is 0 Å². The van der Waals surface area contributed by atoms with Crippen LogP contribution in [-0.4, -0.2) is 19.9 Å². The van der Waals surface area contributed by atoms with Gasteiger partial charge in [-0.15, -0.1) is 0 Å². The molecular weight excluding hydrogens is 476 g/mol. The number of aromatic nitrogens is 4. The molecule has 4 aromatic heterocycles. The minimum absolute atomic E-state index is 0.946. The second kappa shape index (κ2) is 9.30. The Bertz CT molecular complexity index is 1920. The molecule has 0 unspecified atom stereocenters. The number of benzene rings is 1. The highest BCUT2D eigenvalue weighted by Gasteiger charge is 2.20. The van der Waals surface area contributed by atoms with Crippen molar-refractivity contribution in [3.05, 3.63) is 87.2 Å². The lowest BCUT2D eigenvalue weighted by atomic mass is 9.98. The summed E-state index contributed by atoms with van der Waals surface area (Å²) in [6, 6.07) is 15.3. The van der Waals surface area contributed by atoms with E-state index in [0.29, 0.717) is 0 Å². The number of aromatic amines is 3. The van der Waals surface area contributed by atoms with E-state index in [1.165, 1.54) is 66.7 Å². The van der Waals surface area contributed by atoms with Gasteiger partial charge in [0, 0.05) is 22.1 Å². The summed E-state index contributed by atoms with van der Waals surface area (Å²) in [6.45, 7) is 17.8. The minimum Gasteiger partial charge on any atom is -0.354 e. The summed E-state index contributed by atoms with van der Waals surface area (Å²) >= 11 is 0. The van der Waals surface area contributed by atoms with Crippen molar-refractivity contribution in [2.24, 2.45) is 0 Å². The van der Waals surface area contributed by atoms with Crippen LogP contribution in [-0.2, 0) is 12.8 Å². The van der Waals surface area contributed by atoms with Crippen LogP contribution < -0.4 is 0 Å². The average molecular weight is 515 g/mol. The van der Waals surface area contributed by atoms with Gasteiger partial charge >= 0.3 is 0 Å². The van der Waals surface area contributed by atoms with E-state index in [9.17, 15) is 0 Å². The number of fused-ring (bicyclic) bond motifs is 9. The van der Waals surface area contributed by atoms with Crippen molar-refractivity contribution in [3.8, 4) is 11.1 Å². The van der Waals surface area contributed by atoms with Crippen LogP contribution in [0.3, 0.4) is 0 Å². The molecule has 4 nitrogen and oxygen atoms in total. The molecule has 0 amide bonds. The normalized spacial score (nSPS) is 12.7. The third-order valence-corrected chi connectivity index (χ3v) is 9.05. The first-order chi connectivity index (χ1) is 18.7. The van der Waals surface area contributed by atoms with Gasteiger partial charge in [0.15, 0.2) is 0 Å². The third kappa shape index (κ3) is 3.76. The summed E-state index contributed by atoms with van der Waals surface area (Å²) < 4.78 is 0. The summed E-state index contributed by atoms with van der Waals surface area (Å²) in [6.07, 6.45) is 1.90. The number of hydrogen-bond donors (Lipinski definition) is 3. The Morgan fingerprint density at radius 3 is 1.72 bits per heavy atom. The fourth-order valence-corrected chi connectivity index (χ4v) is 6.34. The molecule has 0 saturated heterocycles. The van der Waals surface area contributed by atoms with E-state index in [1.54, 1.807) is 0 Å². The SMILES string of the molecule is CCc1c(C)c2cc3nc(c4[nH]c(cc5[nH]c(c(CC)c5C)c(-c5ccccc5)c1[nH]2)c(C)c4C)C(C)=C3C. The number of nitrogens with one attached hydrogen (secondary N) is 3. The summed E-state index contributed by atoms with van der Waals surface area (Å²) in [5.41, 5.74) is 21.7. The highest BCUT2D eigenvalue weighted by molar-refractivity contribution is 6.00. The lowest BCUT2D eigenvalue weighted by Gasteiger charge is -2.07.